The minimum absolute atomic E-state index is 0.0602. The van der Waals surface area contributed by atoms with Gasteiger partial charge < -0.3 is 14.6 Å². The molecule has 5 heteroatoms. The molecule has 0 amide bonds. The van der Waals surface area contributed by atoms with E-state index >= 15 is 0 Å². The molecule has 0 saturated carbocycles. The number of ether oxygens (including phenoxy) is 2. The molecule has 0 bridgehead atoms. The number of allylic oxidation sites excluding steroid dienone is 2. The number of hydrogen-bond donors (Lipinski definition) is 1. The minimum Gasteiger partial charge on any atom is -0.462 e. The predicted molar refractivity (Wildman–Crippen MR) is 196 cm³/mol. The summed E-state index contributed by atoms with van der Waals surface area (Å²) in [5.74, 6) is -0.582. The fourth-order valence-corrected chi connectivity index (χ4v) is 5.96. The van der Waals surface area contributed by atoms with Crippen molar-refractivity contribution in [3.63, 3.8) is 0 Å². The van der Waals surface area contributed by atoms with Gasteiger partial charge >= 0.3 is 11.9 Å². The molecule has 0 spiro atoms. The average molecular weight is 651 g/mol. The first kappa shape index (κ1) is 44.6. The molecule has 0 aromatic carbocycles. The molecular weight excluding hydrogens is 572 g/mol. The number of carbonyl (C=O) groups excluding carboxylic acids is 2. The Morgan fingerprint density at radius 1 is 0.478 bits per heavy atom. The number of aliphatic hydroxyl groups excluding tert-OH is 1. The third kappa shape index (κ3) is 35.5. The van der Waals surface area contributed by atoms with E-state index in [2.05, 4.69) is 26.0 Å². The Balaban J connectivity index is 3.48. The van der Waals surface area contributed by atoms with Crippen LogP contribution in [0.3, 0.4) is 0 Å². The Morgan fingerprint density at radius 3 is 1.17 bits per heavy atom. The number of aliphatic hydroxyl groups is 1. The van der Waals surface area contributed by atoms with Crippen LogP contribution in [0.5, 0.6) is 0 Å². The van der Waals surface area contributed by atoms with Crippen LogP contribution >= 0.6 is 0 Å². The standard InChI is InChI=1S/C41H78O5/c1-3-5-7-9-11-13-15-16-17-18-19-20-21-22-23-24-26-27-29-31-33-35-40(43)45-38-39(37-42)46-41(44)36-34-32-30-28-25-14-12-10-8-6-4-2/h16-17,39,42H,3-15,18-38H2,1-2H3/b17-16-/t39-/m0/s1. The van der Waals surface area contributed by atoms with Gasteiger partial charge in [0.1, 0.15) is 6.61 Å². The Hall–Kier alpha value is -1.36. The average Bonchev–Trinajstić information content (AvgIpc) is 3.06. The zero-order valence-corrected chi connectivity index (χ0v) is 30.9. The Bertz CT molecular complexity index is 661. The molecule has 0 saturated heterocycles. The van der Waals surface area contributed by atoms with Gasteiger partial charge in [-0.05, 0) is 38.5 Å². The van der Waals surface area contributed by atoms with Gasteiger partial charge in [-0.1, -0.05) is 180 Å². The SMILES string of the molecule is CCCCCCCC/C=C\CCCCCCCCCCCCCC(=O)OC[C@H](CO)OC(=O)CCCCCCCCCCCCC. The highest BCUT2D eigenvalue weighted by Crippen LogP contribution is 2.15. The summed E-state index contributed by atoms with van der Waals surface area (Å²) in [6.07, 6.45) is 42.8. The molecule has 5 nitrogen and oxygen atoms in total. The van der Waals surface area contributed by atoms with Crippen molar-refractivity contribution in [2.75, 3.05) is 13.2 Å². The Morgan fingerprint density at radius 2 is 0.804 bits per heavy atom. The molecule has 0 aromatic rings. The van der Waals surface area contributed by atoms with Gasteiger partial charge in [-0.2, -0.15) is 0 Å². The summed E-state index contributed by atoms with van der Waals surface area (Å²) in [4.78, 5) is 24.2. The first-order chi connectivity index (χ1) is 22.6. The summed E-state index contributed by atoms with van der Waals surface area (Å²) in [6, 6.07) is 0. The van der Waals surface area contributed by atoms with E-state index in [1.54, 1.807) is 0 Å². The van der Waals surface area contributed by atoms with Gasteiger partial charge in [0.05, 0.1) is 6.61 Å². The number of unbranched alkanes of at least 4 members (excludes halogenated alkanes) is 27. The first-order valence-electron chi connectivity index (χ1n) is 20.2. The second kappa shape index (κ2) is 38.1. The molecule has 0 aromatic heterocycles. The molecule has 0 aliphatic heterocycles. The van der Waals surface area contributed by atoms with E-state index < -0.39 is 6.10 Å². The van der Waals surface area contributed by atoms with Crippen molar-refractivity contribution >= 4 is 11.9 Å². The molecule has 1 atom stereocenters. The van der Waals surface area contributed by atoms with Gasteiger partial charge in [0.25, 0.3) is 0 Å². The highest BCUT2D eigenvalue weighted by atomic mass is 16.6. The number of carbonyl (C=O) groups is 2. The van der Waals surface area contributed by atoms with Crippen LogP contribution in [0.2, 0.25) is 0 Å². The fourth-order valence-electron chi connectivity index (χ4n) is 5.96. The van der Waals surface area contributed by atoms with Crippen molar-refractivity contribution in [2.24, 2.45) is 0 Å². The molecule has 0 heterocycles. The maximum absolute atomic E-state index is 12.1. The van der Waals surface area contributed by atoms with E-state index in [-0.39, 0.29) is 25.2 Å². The van der Waals surface area contributed by atoms with Crippen LogP contribution in [-0.4, -0.2) is 36.4 Å². The van der Waals surface area contributed by atoms with Gasteiger partial charge in [0, 0.05) is 12.8 Å². The molecule has 0 aliphatic rings. The van der Waals surface area contributed by atoms with Crippen LogP contribution in [0.15, 0.2) is 12.2 Å². The molecule has 46 heavy (non-hydrogen) atoms. The van der Waals surface area contributed by atoms with Crippen molar-refractivity contribution in [3.8, 4) is 0 Å². The maximum atomic E-state index is 12.1. The first-order valence-corrected chi connectivity index (χ1v) is 20.2. The van der Waals surface area contributed by atoms with Crippen LogP contribution in [0.4, 0.5) is 0 Å². The van der Waals surface area contributed by atoms with Crippen LogP contribution < -0.4 is 0 Å². The summed E-state index contributed by atoms with van der Waals surface area (Å²) >= 11 is 0. The van der Waals surface area contributed by atoms with Gasteiger partial charge in [-0.3, -0.25) is 9.59 Å². The van der Waals surface area contributed by atoms with Gasteiger partial charge in [-0.25, -0.2) is 0 Å². The smallest absolute Gasteiger partial charge is 0.306 e. The predicted octanol–water partition coefficient (Wildman–Crippen LogP) is 12.5. The number of rotatable bonds is 37. The highest BCUT2D eigenvalue weighted by Gasteiger charge is 2.16. The second-order valence-electron chi connectivity index (χ2n) is 13.7. The lowest BCUT2D eigenvalue weighted by molar-refractivity contribution is -0.161. The molecule has 1 N–H and O–H groups in total. The zero-order valence-electron chi connectivity index (χ0n) is 30.9. The second-order valence-corrected chi connectivity index (χ2v) is 13.7. The Kier molecular flexibility index (Phi) is 37.0. The molecule has 0 fully saturated rings. The largest absolute Gasteiger partial charge is 0.462 e. The Labute approximate surface area is 286 Å². The van der Waals surface area contributed by atoms with E-state index in [1.807, 2.05) is 0 Å². The van der Waals surface area contributed by atoms with Gasteiger partial charge in [0.2, 0.25) is 0 Å². The normalized spacial score (nSPS) is 12.2. The van der Waals surface area contributed by atoms with Crippen molar-refractivity contribution in [3.05, 3.63) is 12.2 Å². The van der Waals surface area contributed by atoms with E-state index in [0.29, 0.717) is 12.8 Å². The van der Waals surface area contributed by atoms with Crippen LogP contribution in [0, 0.1) is 0 Å². The molecule has 0 radical (unpaired) electrons. The third-order valence-corrected chi connectivity index (χ3v) is 9.06. The lowest BCUT2D eigenvalue weighted by atomic mass is 10.0. The van der Waals surface area contributed by atoms with Crippen LogP contribution in [-0.2, 0) is 19.1 Å². The summed E-state index contributed by atoms with van der Waals surface area (Å²) < 4.78 is 10.6. The van der Waals surface area contributed by atoms with Gasteiger partial charge in [0.15, 0.2) is 6.10 Å². The number of esters is 2. The zero-order chi connectivity index (χ0) is 33.6. The van der Waals surface area contributed by atoms with E-state index in [0.717, 1.165) is 38.5 Å². The summed E-state index contributed by atoms with van der Waals surface area (Å²) in [7, 11) is 0. The molecule has 0 aliphatic carbocycles. The molecule has 0 unspecified atom stereocenters. The van der Waals surface area contributed by atoms with Crippen molar-refractivity contribution in [1.82, 2.24) is 0 Å². The molecule has 0 rings (SSSR count). The lowest BCUT2D eigenvalue weighted by Crippen LogP contribution is -2.28. The summed E-state index contributed by atoms with van der Waals surface area (Å²) in [5.41, 5.74) is 0. The van der Waals surface area contributed by atoms with Crippen LogP contribution in [0.1, 0.15) is 219 Å². The van der Waals surface area contributed by atoms with E-state index in [9.17, 15) is 14.7 Å². The maximum Gasteiger partial charge on any atom is 0.306 e. The van der Waals surface area contributed by atoms with Crippen molar-refractivity contribution < 1.29 is 24.2 Å². The number of hydrogen-bond acceptors (Lipinski definition) is 5. The topological polar surface area (TPSA) is 72.8 Å². The van der Waals surface area contributed by atoms with Gasteiger partial charge in [-0.15, -0.1) is 0 Å². The quantitative estimate of drug-likeness (QED) is 0.0411. The highest BCUT2D eigenvalue weighted by molar-refractivity contribution is 5.70. The summed E-state index contributed by atoms with van der Waals surface area (Å²) in [5, 5.41) is 9.53. The third-order valence-electron chi connectivity index (χ3n) is 9.06. The fraction of sp³-hybridized carbons (Fsp3) is 0.902. The molecular formula is C41H78O5. The van der Waals surface area contributed by atoms with Crippen molar-refractivity contribution in [2.45, 2.75) is 225 Å². The lowest BCUT2D eigenvalue weighted by Gasteiger charge is -2.15. The van der Waals surface area contributed by atoms with Crippen molar-refractivity contribution in [1.29, 1.82) is 0 Å². The van der Waals surface area contributed by atoms with E-state index in [1.165, 1.54) is 154 Å². The molecule has 272 valence electrons. The summed E-state index contributed by atoms with van der Waals surface area (Å²) in [6.45, 7) is 4.14. The minimum atomic E-state index is -0.763. The monoisotopic (exact) mass is 651 g/mol. The van der Waals surface area contributed by atoms with E-state index in [4.69, 9.17) is 9.47 Å². The van der Waals surface area contributed by atoms with Crippen LogP contribution in [0.25, 0.3) is 0 Å².